The van der Waals surface area contributed by atoms with Crippen LogP contribution < -0.4 is 0 Å². The van der Waals surface area contributed by atoms with Crippen molar-refractivity contribution in [2.75, 3.05) is 5.38 Å². The van der Waals surface area contributed by atoms with Crippen LogP contribution in [0.5, 0.6) is 0 Å². The van der Waals surface area contributed by atoms with Gasteiger partial charge in [-0.1, -0.05) is 57.1 Å². The van der Waals surface area contributed by atoms with Crippen LogP contribution in [0.1, 0.15) is 20.8 Å². The molecule has 0 radical (unpaired) electrons. The highest BCUT2D eigenvalue weighted by molar-refractivity contribution is 8.01. The zero-order chi connectivity index (χ0) is 11.1. The Kier molecular flexibility index (Phi) is 5.47. The molecular weight excluding hydrogens is 216 g/mol. The molecule has 0 aromatic heterocycles. The largest absolute Gasteiger partial charge is 0.129 e. The summed E-state index contributed by atoms with van der Waals surface area (Å²) < 4.78 is 0. The second-order valence-corrected chi connectivity index (χ2v) is 11.2. The summed E-state index contributed by atoms with van der Waals surface area (Å²) in [7, 11) is -0.937. The Hall–Kier alpha value is -0.213. The molecule has 1 aromatic carbocycles. The highest BCUT2D eigenvalue weighted by Gasteiger charge is 2.26. The molecule has 15 heavy (non-hydrogen) atoms. The number of thioether (sulfide) groups is 1. The monoisotopic (exact) mass is 238 g/mol. The van der Waals surface area contributed by atoms with E-state index < -0.39 is 8.07 Å². The molecule has 0 spiro atoms. The van der Waals surface area contributed by atoms with E-state index in [9.17, 15) is 0 Å². The summed E-state index contributed by atoms with van der Waals surface area (Å²) in [5.74, 6) is 0. The second kappa shape index (κ2) is 6.39. The molecule has 0 N–H and O–H groups in total. The van der Waals surface area contributed by atoms with Gasteiger partial charge >= 0.3 is 0 Å². The van der Waals surface area contributed by atoms with Gasteiger partial charge in [0.15, 0.2) is 0 Å². The first-order valence-electron chi connectivity index (χ1n) is 5.94. The van der Waals surface area contributed by atoms with Gasteiger partial charge < -0.3 is 0 Å². The molecule has 0 fully saturated rings. The van der Waals surface area contributed by atoms with Crippen molar-refractivity contribution in [3.63, 3.8) is 0 Å². The van der Waals surface area contributed by atoms with Crippen molar-refractivity contribution in [3.05, 3.63) is 30.3 Å². The van der Waals surface area contributed by atoms with Gasteiger partial charge in [-0.25, -0.2) is 0 Å². The Morgan fingerprint density at radius 3 is 1.93 bits per heavy atom. The zero-order valence-corrected chi connectivity index (χ0v) is 11.9. The molecule has 0 saturated heterocycles. The first kappa shape index (κ1) is 12.9. The molecule has 0 saturated carbocycles. The maximum absolute atomic E-state index is 2.38. The van der Waals surface area contributed by atoms with Crippen LogP contribution in [0.2, 0.25) is 18.1 Å². The van der Waals surface area contributed by atoms with Crippen molar-refractivity contribution in [3.8, 4) is 0 Å². The number of rotatable bonds is 6. The van der Waals surface area contributed by atoms with Crippen LogP contribution in [0.15, 0.2) is 35.2 Å². The fourth-order valence-corrected chi connectivity index (χ4v) is 8.00. The summed E-state index contributed by atoms with van der Waals surface area (Å²) in [5.41, 5.74) is 0. The van der Waals surface area contributed by atoms with Crippen molar-refractivity contribution < 1.29 is 0 Å². The third-order valence-electron chi connectivity index (χ3n) is 3.54. The van der Waals surface area contributed by atoms with E-state index in [1.54, 1.807) is 0 Å². The van der Waals surface area contributed by atoms with E-state index in [0.29, 0.717) is 0 Å². The predicted molar refractivity (Wildman–Crippen MR) is 74.4 cm³/mol. The molecule has 2 heteroatoms. The third-order valence-corrected chi connectivity index (χ3v) is 11.7. The summed E-state index contributed by atoms with van der Waals surface area (Å²) in [6.45, 7) is 7.14. The Morgan fingerprint density at radius 2 is 1.47 bits per heavy atom. The number of hydrogen-bond donors (Lipinski definition) is 0. The quantitative estimate of drug-likeness (QED) is 0.505. The number of benzene rings is 1. The van der Waals surface area contributed by atoms with Crippen molar-refractivity contribution in [1.82, 2.24) is 0 Å². The normalized spacial score (nSPS) is 11.7. The van der Waals surface area contributed by atoms with Gasteiger partial charge in [-0.15, -0.1) is 11.8 Å². The molecule has 0 aliphatic rings. The topological polar surface area (TPSA) is 0 Å². The van der Waals surface area contributed by atoms with Crippen LogP contribution in [-0.2, 0) is 0 Å². The van der Waals surface area contributed by atoms with Gasteiger partial charge in [0.05, 0.1) is 8.07 Å². The highest BCUT2D eigenvalue weighted by Crippen LogP contribution is 2.28. The van der Waals surface area contributed by atoms with Gasteiger partial charge in [-0.05, 0) is 17.5 Å². The molecule has 0 aliphatic heterocycles. The van der Waals surface area contributed by atoms with E-state index in [1.165, 1.54) is 28.4 Å². The van der Waals surface area contributed by atoms with Crippen molar-refractivity contribution in [1.29, 1.82) is 0 Å². The van der Waals surface area contributed by atoms with E-state index in [1.807, 2.05) is 0 Å². The Morgan fingerprint density at radius 1 is 0.933 bits per heavy atom. The van der Waals surface area contributed by atoms with Crippen molar-refractivity contribution in [2.45, 2.75) is 43.8 Å². The molecule has 0 bridgehead atoms. The van der Waals surface area contributed by atoms with Gasteiger partial charge in [-0.2, -0.15) is 0 Å². The fourth-order valence-electron chi connectivity index (χ4n) is 1.81. The average Bonchev–Trinajstić information content (AvgIpc) is 2.33. The van der Waals surface area contributed by atoms with E-state index in [2.05, 4.69) is 62.9 Å². The fraction of sp³-hybridized carbons (Fsp3) is 0.538. The second-order valence-electron chi connectivity index (χ2n) is 4.16. The Bertz CT molecular complexity index is 259. The molecule has 0 aliphatic carbocycles. The Labute approximate surface area is 99.5 Å². The van der Waals surface area contributed by atoms with Crippen LogP contribution in [0.4, 0.5) is 0 Å². The van der Waals surface area contributed by atoms with Crippen LogP contribution in [0.25, 0.3) is 0 Å². The van der Waals surface area contributed by atoms with Crippen LogP contribution in [0.3, 0.4) is 0 Å². The predicted octanol–water partition coefficient (Wildman–Crippen LogP) is 4.83. The van der Waals surface area contributed by atoms with E-state index in [-0.39, 0.29) is 0 Å². The van der Waals surface area contributed by atoms with E-state index in [0.717, 1.165) is 0 Å². The lowest BCUT2D eigenvalue weighted by Gasteiger charge is -2.27. The summed E-state index contributed by atoms with van der Waals surface area (Å²) in [6.07, 6.45) is 0. The summed E-state index contributed by atoms with van der Waals surface area (Å²) >= 11 is 2.06. The minimum Gasteiger partial charge on any atom is -0.129 e. The van der Waals surface area contributed by atoms with Crippen molar-refractivity contribution >= 4 is 19.8 Å². The minimum atomic E-state index is -0.937. The lowest BCUT2D eigenvalue weighted by Crippen LogP contribution is -2.34. The molecular formula is C13H22SSi. The summed E-state index contributed by atoms with van der Waals surface area (Å²) in [6, 6.07) is 15.1. The molecule has 0 nitrogen and oxygen atoms in total. The molecule has 1 rings (SSSR count). The first-order chi connectivity index (χ1) is 7.26. The van der Waals surface area contributed by atoms with Gasteiger partial charge in [-0.3, -0.25) is 0 Å². The summed E-state index contributed by atoms with van der Waals surface area (Å²) in [4.78, 5) is 1.43. The third kappa shape index (κ3) is 3.69. The molecule has 0 atom stereocenters. The van der Waals surface area contributed by atoms with Gasteiger partial charge in [0.25, 0.3) is 0 Å². The van der Waals surface area contributed by atoms with Gasteiger partial charge in [0.1, 0.15) is 0 Å². The molecule has 0 heterocycles. The molecule has 0 unspecified atom stereocenters. The van der Waals surface area contributed by atoms with Crippen LogP contribution in [-0.4, -0.2) is 13.5 Å². The lowest BCUT2D eigenvalue weighted by atomic mass is 10.4. The van der Waals surface area contributed by atoms with E-state index >= 15 is 0 Å². The zero-order valence-electron chi connectivity index (χ0n) is 10.1. The van der Waals surface area contributed by atoms with Crippen LogP contribution in [0, 0.1) is 0 Å². The van der Waals surface area contributed by atoms with Crippen LogP contribution >= 0.6 is 11.8 Å². The smallest absolute Gasteiger partial charge is 0.0636 e. The van der Waals surface area contributed by atoms with E-state index in [4.69, 9.17) is 0 Å². The molecule has 84 valence electrons. The Balaban J connectivity index is 2.54. The highest BCUT2D eigenvalue weighted by atomic mass is 32.2. The number of hydrogen-bond acceptors (Lipinski definition) is 1. The van der Waals surface area contributed by atoms with Gasteiger partial charge in [0, 0.05) is 4.90 Å². The minimum absolute atomic E-state index is 0.937. The lowest BCUT2D eigenvalue weighted by molar-refractivity contribution is 1.17. The SMILES string of the molecule is CC[Si](CC)(CC)CSc1ccccc1. The summed E-state index contributed by atoms with van der Waals surface area (Å²) in [5, 5.41) is 1.39. The van der Waals surface area contributed by atoms with Gasteiger partial charge in [0.2, 0.25) is 0 Å². The maximum Gasteiger partial charge on any atom is 0.0636 e. The molecule has 1 aromatic rings. The standard InChI is InChI=1S/C13H22SSi/c1-4-15(5-2,6-3)12-14-13-10-8-7-9-11-13/h7-11H,4-6,12H2,1-3H3. The maximum atomic E-state index is 2.38. The average molecular weight is 238 g/mol. The van der Waals surface area contributed by atoms with Crippen molar-refractivity contribution in [2.24, 2.45) is 0 Å². The molecule has 0 amide bonds. The first-order valence-corrected chi connectivity index (χ1v) is 9.75.